The highest BCUT2D eigenvalue weighted by Crippen LogP contribution is 2.14. The van der Waals surface area contributed by atoms with Crippen LogP contribution in [0.4, 0.5) is 0 Å². The molecule has 0 spiro atoms. The van der Waals surface area contributed by atoms with Crippen molar-refractivity contribution in [3.05, 3.63) is 71.7 Å². The summed E-state index contributed by atoms with van der Waals surface area (Å²) in [5.74, 6) is 0. The van der Waals surface area contributed by atoms with Gasteiger partial charge in [0.15, 0.2) is 0 Å². The number of imidazole rings is 1. The summed E-state index contributed by atoms with van der Waals surface area (Å²) in [5.41, 5.74) is 4.37. The third-order valence-corrected chi connectivity index (χ3v) is 2.89. The summed E-state index contributed by atoms with van der Waals surface area (Å²) in [7, 11) is 0. The average Bonchev–Trinajstić information content (AvgIpc) is 2.78. The van der Waals surface area contributed by atoms with E-state index >= 15 is 0 Å². The summed E-state index contributed by atoms with van der Waals surface area (Å²) in [6, 6.07) is 14.4. The van der Waals surface area contributed by atoms with Gasteiger partial charge in [0.1, 0.15) is 5.65 Å². The van der Waals surface area contributed by atoms with Crippen molar-refractivity contribution in [2.45, 2.75) is 6.92 Å². The topological polar surface area (TPSA) is 17.3 Å². The third kappa shape index (κ3) is 2.05. The summed E-state index contributed by atoms with van der Waals surface area (Å²) >= 11 is 0. The fourth-order valence-corrected chi connectivity index (χ4v) is 2.04. The number of hydrogen-bond donors (Lipinski definition) is 0. The maximum absolute atomic E-state index is 4.54. The van der Waals surface area contributed by atoms with Crippen LogP contribution in [0.1, 0.15) is 16.8 Å². The number of aromatic nitrogens is 2. The highest BCUT2D eigenvalue weighted by atomic mass is 15.0. The summed E-state index contributed by atoms with van der Waals surface area (Å²) in [6.07, 6.45) is 8.28. The van der Waals surface area contributed by atoms with Crippen LogP contribution < -0.4 is 0 Å². The Labute approximate surface area is 106 Å². The highest BCUT2D eigenvalue weighted by molar-refractivity contribution is 5.76. The Morgan fingerprint density at radius 2 is 1.83 bits per heavy atom. The Kier molecular flexibility index (Phi) is 2.69. The van der Waals surface area contributed by atoms with Gasteiger partial charge >= 0.3 is 0 Å². The van der Waals surface area contributed by atoms with Crippen LogP contribution in [-0.2, 0) is 0 Å². The van der Waals surface area contributed by atoms with Gasteiger partial charge in [0.2, 0.25) is 0 Å². The Morgan fingerprint density at radius 3 is 2.67 bits per heavy atom. The van der Waals surface area contributed by atoms with Gasteiger partial charge < -0.3 is 4.40 Å². The molecule has 2 heterocycles. The maximum atomic E-state index is 4.54. The number of nitrogens with zero attached hydrogens (tertiary/aromatic N) is 2. The van der Waals surface area contributed by atoms with E-state index < -0.39 is 0 Å². The van der Waals surface area contributed by atoms with Gasteiger partial charge in [-0.25, -0.2) is 4.98 Å². The molecule has 2 nitrogen and oxygen atoms in total. The first-order chi connectivity index (χ1) is 8.83. The molecular formula is C16H14N2. The van der Waals surface area contributed by atoms with Crippen molar-refractivity contribution >= 4 is 17.8 Å². The first-order valence-electron chi connectivity index (χ1n) is 6.00. The molecule has 0 unspecified atom stereocenters. The van der Waals surface area contributed by atoms with E-state index in [1.165, 1.54) is 5.56 Å². The van der Waals surface area contributed by atoms with Crippen molar-refractivity contribution in [2.75, 3.05) is 0 Å². The normalized spacial score (nSPS) is 11.4. The highest BCUT2D eigenvalue weighted by Gasteiger charge is 2.00. The van der Waals surface area contributed by atoms with E-state index in [0.717, 1.165) is 16.9 Å². The van der Waals surface area contributed by atoms with Crippen molar-refractivity contribution in [2.24, 2.45) is 0 Å². The lowest BCUT2D eigenvalue weighted by molar-refractivity contribution is 1.18. The fraction of sp³-hybridized carbons (Fsp3) is 0.0625. The molecule has 3 aromatic rings. The van der Waals surface area contributed by atoms with Crippen LogP contribution in [0.3, 0.4) is 0 Å². The molecule has 0 amide bonds. The van der Waals surface area contributed by atoms with Crippen molar-refractivity contribution in [1.82, 2.24) is 9.38 Å². The fourth-order valence-electron chi connectivity index (χ4n) is 2.04. The summed E-state index contributed by atoms with van der Waals surface area (Å²) in [5, 5.41) is 0. The molecule has 0 saturated heterocycles. The predicted octanol–water partition coefficient (Wildman–Crippen LogP) is 3.81. The first kappa shape index (κ1) is 10.8. The molecule has 0 atom stereocenters. The van der Waals surface area contributed by atoms with Crippen molar-refractivity contribution in [3.8, 4) is 0 Å². The van der Waals surface area contributed by atoms with Crippen molar-refractivity contribution in [3.63, 3.8) is 0 Å². The monoisotopic (exact) mass is 234 g/mol. The third-order valence-electron chi connectivity index (χ3n) is 2.89. The molecule has 18 heavy (non-hydrogen) atoms. The molecule has 0 saturated carbocycles. The van der Waals surface area contributed by atoms with Gasteiger partial charge in [-0.2, -0.15) is 0 Å². The van der Waals surface area contributed by atoms with Crippen LogP contribution in [0.5, 0.6) is 0 Å². The quantitative estimate of drug-likeness (QED) is 0.659. The van der Waals surface area contributed by atoms with Gasteiger partial charge in [-0.15, -0.1) is 0 Å². The van der Waals surface area contributed by atoms with Gasteiger partial charge in [-0.3, -0.25) is 0 Å². The first-order valence-corrected chi connectivity index (χ1v) is 6.00. The van der Waals surface area contributed by atoms with Gasteiger partial charge in [-0.1, -0.05) is 42.5 Å². The van der Waals surface area contributed by atoms with Gasteiger partial charge in [-0.05, 0) is 24.6 Å². The average molecular weight is 234 g/mol. The van der Waals surface area contributed by atoms with Crippen LogP contribution in [0.2, 0.25) is 0 Å². The second kappa shape index (κ2) is 4.49. The smallest absolute Gasteiger partial charge is 0.144 e. The van der Waals surface area contributed by atoms with Crippen LogP contribution >= 0.6 is 0 Å². The Hall–Kier alpha value is -2.35. The second-order valence-corrected chi connectivity index (χ2v) is 4.32. The molecule has 2 aromatic heterocycles. The number of fused-ring (bicyclic) bond motifs is 1. The number of hydrogen-bond acceptors (Lipinski definition) is 1. The standard InChI is InChI=1S/C16H14N2/c1-13-12-18-11-5-8-15(16(18)17-13)10-9-14-6-3-2-4-7-14/h2-12H,1H3/b10-9+. The molecule has 0 aliphatic rings. The predicted molar refractivity (Wildman–Crippen MR) is 75.3 cm³/mol. The minimum Gasteiger partial charge on any atom is -0.306 e. The Balaban J connectivity index is 2.02. The van der Waals surface area contributed by atoms with Crippen LogP contribution in [0, 0.1) is 6.92 Å². The van der Waals surface area contributed by atoms with E-state index in [1.54, 1.807) is 0 Å². The van der Waals surface area contributed by atoms with Gasteiger partial charge in [0, 0.05) is 18.0 Å². The summed E-state index contributed by atoms with van der Waals surface area (Å²) < 4.78 is 2.06. The largest absolute Gasteiger partial charge is 0.306 e. The molecule has 0 radical (unpaired) electrons. The van der Waals surface area contributed by atoms with Crippen molar-refractivity contribution in [1.29, 1.82) is 0 Å². The summed E-state index contributed by atoms with van der Waals surface area (Å²) in [6.45, 7) is 2.01. The number of benzene rings is 1. The number of aryl methyl sites for hydroxylation is 1. The van der Waals surface area contributed by atoms with Gasteiger partial charge in [0.25, 0.3) is 0 Å². The molecule has 0 N–H and O–H groups in total. The Bertz CT molecular complexity index is 693. The minimum absolute atomic E-state index is 1.00. The van der Waals surface area contributed by atoms with Gasteiger partial charge in [0.05, 0.1) is 5.69 Å². The van der Waals surface area contributed by atoms with E-state index in [0.29, 0.717) is 0 Å². The molecule has 0 aliphatic heterocycles. The lowest BCUT2D eigenvalue weighted by Gasteiger charge is -1.97. The van der Waals surface area contributed by atoms with E-state index in [2.05, 4.69) is 39.7 Å². The number of pyridine rings is 1. The molecule has 0 aliphatic carbocycles. The molecule has 2 heteroatoms. The van der Waals surface area contributed by atoms with E-state index in [-0.39, 0.29) is 0 Å². The minimum atomic E-state index is 1.00. The zero-order chi connectivity index (χ0) is 12.4. The molecule has 88 valence electrons. The molecule has 0 bridgehead atoms. The maximum Gasteiger partial charge on any atom is 0.144 e. The van der Waals surface area contributed by atoms with Crippen molar-refractivity contribution < 1.29 is 0 Å². The van der Waals surface area contributed by atoms with Crippen LogP contribution in [0.25, 0.3) is 17.8 Å². The van der Waals surface area contributed by atoms with Crippen LogP contribution in [-0.4, -0.2) is 9.38 Å². The Morgan fingerprint density at radius 1 is 1.00 bits per heavy atom. The zero-order valence-electron chi connectivity index (χ0n) is 10.2. The lowest BCUT2D eigenvalue weighted by Crippen LogP contribution is -1.85. The van der Waals surface area contributed by atoms with Crippen LogP contribution in [0.15, 0.2) is 54.9 Å². The SMILES string of the molecule is Cc1cn2cccc(/C=C/c3ccccc3)c2n1. The summed E-state index contributed by atoms with van der Waals surface area (Å²) in [4.78, 5) is 4.54. The van der Waals surface area contributed by atoms with E-state index in [9.17, 15) is 0 Å². The van der Waals surface area contributed by atoms with E-state index in [1.807, 2.05) is 43.6 Å². The molecule has 1 aromatic carbocycles. The molecular weight excluding hydrogens is 220 g/mol. The number of rotatable bonds is 2. The molecule has 0 fully saturated rings. The second-order valence-electron chi connectivity index (χ2n) is 4.32. The lowest BCUT2D eigenvalue weighted by atomic mass is 10.1. The molecule has 3 rings (SSSR count). The van der Waals surface area contributed by atoms with E-state index in [4.69, 9.17) is 0 Å². The zero-order valence-corrected chi connectivity index (χ0v) is 10.2.